The van der Waals surface area contributed by atoms with Crippen LogP contribution in [0.15, 0.2) is 15.7 Å². The first-order valence-electron chi connectivity index (χ1n) is 9.83. The molecule has 8 nitrogen and oxygen atoms in total. The third-order valence-corrected chi connectivity index (χ3v) is 6.19. The average Bonchev–Trinajstić information content (AvgIpc) is 3.38. The van der Waals surface area contributed by atoms with E-state index in [9.17, 15) is 9.59 Å². The van der Waals surface area contributed by atoms with E-state index in [-0.39, 0.29) is 17.8 Å². The Balaban J connectivity index is 1.81. The van der Waals surface area contributed by atoms with Crippen LogP contribution in [0.2, 0.25) is 0 Å². The minimum atomic E-state index is -0.424. The van der Waals surface area contributed by atoms with E-state index in [0.29, 0.717) is 28.9 Å². The van der Waals surface area contributed by atoms with Crippen molar-refractivity contribution in [3.05, 3.63) is 32.5 Å². The van der Waals surface area contributed by atoms with Crippen LogP contribution in [0, 0.1) is 24.2 Å². The van der Waals surface area contributed by atoms with Gasteiger partial charge in [-0.25, -0.2) is 4.79 Å². The predicted octanol–water partition coefficient (Wildman–Crippen LogP) is 1.24. The SMILES string of the molecule is CNC(CC#N)C1CCN(c2cc(N)c3c(=O)[nH]c(=O)n(C4CC4)c3c2C)C1. The number of aromatic amines is 1. The first kappa shape index (κ1) is 18.6. The van der Waals surface area contributed by atoms with Crippen molar-refractivity contribution in [2.75, 3.05) is 30.8 Å². The number of rotatable bonds is 5. The Morgan fingerprint density at radius 1 is 1.39 bits per heavy atom. The number of hydrogen-bond donors (Lipinski definition) is 3. The van der Waals surface area contributed by atoms with Crippen LogP contribution in [-0.2, 0) is 0 Å². The van der Waals surface area contributed by atoms with Crippen LogP contribution in [0.25, 0.3) is 10.9 Å². The summed E-state index contributed by atoms with van der Waals surface area (Å²) < 4.78 is 1.71. The molecule has 0 spiro atoms. The summed E-state index contributed by atoms with van der Waals surface area (Å²) in [6.07, 6.45) is 3.34. The monoisotopic (exact) mass is 382 g/mol. The largest absolute Gasteiger partial charge is 0.398 e. The van der Waals surface area contributed by atoms with Gasteiger partial charge in [0.2, 0.25) is 0 Å². The number of aromatic nitrogens is 2. The molecule has 2 atom stereocenters. The molecule has 0 amide bonds. The molecule has 148 valence electrons. The van der Waals surface area contributed by atoms with E-state index >= 15 is 0 Å². The van der Waals surface area contributed by atoms with Crippen LogP contribution in [0.5, 0.6) is 0 Å². The van der Waals surface area contributed by atoms with Crippen molar-refractivity contribution in [3.63, 3.8) is 0 Å². The lowest BCUT2D eigenvalue weighted by atomic mass is 9.97. The van der Waals surface area contributed by atoms with Gasteiger partial charge in [-0.2, -0.15) is 5.26 Å². The highest BCUT2D eigenvalue weighted by Crippen LogP contribution is 2.39. The lowest BCUT2D eigenvalue weighted by molar-refractivity contribution is 0.406. The summed E-state index contributed by atoms with van der Waals surface area (Å²) in [4.78, 5) is 29.6. The number of nitrogens with zero attached hydrogens (tertiary/aromatic N) is 3. The van der Waals surface area contributed by atoms with Crippen LogP contribution in [-0.4, -0.2) is 35.7 Å². The molecule has 4 N–H and O–H groups in total. The Hall–Kier alpha value is -2.79. The van der Waals surface area contributed by atoms with Crippen molar-refractivity contribution in [1.29, 1.82) is 5.26 Å². The maximum absolute atomic E-state index is 12.5. The van der Waals surface area contributed by atoms with Gasteiger partial charge in [-0.15, -0.1) is 0 Å². The highest BCUT2D eigenvalue weighted by atomic mass is 16.2. The van der Waals surface area contributed by atoms with E-state index in [1.54, 1.807) is 4.57 Å². The van der Waals surface area contributed by atoms with Gasteiger partial charge >= 0.3 is 5.69 Å². The highest BCUT2D eigenvalue weighted by Gasteiger charge is 2.32. The molecule has 1 aliphatic heterocycles. The van der Waals surface area contributed by atoms with Gasteiger partial charge in [-0.05, 0) is 50.8 Å². The zero-order chi connectivity index (χ0) is 20.0. The molecule has 2 aliphatic rings. The third-order valence-electron chi connectivity index (χ3n) is 6.19. The molecule has 1 aliphatic carbocycles. The number of hydrogen-bond acceptors (Lipinski definition) is 6. The number of nitriles is 1. The zero-order valence-electron chi connectivity index (χ0n) is 16.3. The van der Waals surface area contributed by atoms with E-state index in [2.05, 4.69) is 21.3 Å². The van der Waals surface area contributed by atoms with Crippen molar-refractivity contribution in [2.45, 2.75) is 44.7 Å². The van der Waals surface area contributed by atoms with E-state index in [4.69, 9.17) is 11.0 Å². The van der Waals surface area contributed by atoms with Crippen LogP contribution < -0.4 is 27.2 Å². The quantitative estimate of drug-likeness (QED) is 0.669. The summed E-state index contributed by atoms with van der Waals surface area (Å²) in [5, 5.41) is 12.7. The van der Waals surface area contributed by atoms with Gasteiger partial charge in [-0.1, -0.05) is 0 Å². The molecule has 8 heteroatoms. The number of aryl methyl sites for hydroxylation is 1. The van der Waals surface area contributed by atoms with E-state index < -0.39 is 5.56 Å². The van der Waals surface area contributed by atoms with Gasteiger partial charge in [0, 0.05) is 36.5 Å². The lowest BCUT2D eigenvalue weighted by Crippen LogP contribution is -2.35. The molecule has 28 heavy (non-hydrogen) atoms. The number of fused-ring (bicyclic) bond motifs is 1. The molecule has 1 saturated carbocycles. The summed E-state index contributed by atoms with van der Waals surface area (Å²) in [6, 6.07) is 4.40. The van der Waals surface area contributed by atoms with Crippen molar-refractivity contribution in [1.82, 2.24) is 14.9 Å². The smallest absolute Gasteiger partial charge is 0.329 e. The Morgan fingerprint density at radius 2 is 2.14 bits per heavy atom. The second kappa shape index (κ2) is 6.99. The molecule has 2 fully saturated rings. The van der Waals surface area contributed by atoms with Gasteiger partial charge in [0.25, 0.3) is 5.56 Å². The topological polar surface area (TPSA) is 120 Å². The zero-order valence-corrected chi connectivity index (χ0v) is 16.3. The fourth-order valence-electron chi connectivity index (χ4n) is 4.58. The molecule has 2 unspecified atom stereocenters. The average molecular weight is 382 g/mol. The molecule has 0 radical (unpaired) electrons. The van der Waals surface area contributed by atoms with Crippen molar-refractivity contribution < 1.29 is 0 Å². The normalized spacial score (nSPS) is 20.5. The van der Waals surface area contributed by atoms with Gasteiger partial charge in [0.05, 0.1) is 23.4 Å². The molecule has 2 aromatic rings. The number of H-pyrrole nitrogens is 1. The molecule has 0 bridgehead atoms. The minimum Gasteiger partial charge on any atom is -0.398 e. The fraction of sp³-hybridized carbons (Fsp3) is 0.550. The first-order valence-corrected chi connectivity index (χ1v) is 9.83. The summed E-state index contributed by atoms with van der Waals surface area (Å²) >= 11 is 0. The van der Waals surface area contributed by atoms with Crippen LogP contribution in [0.1, 0.15) is 37.3 Å². The van der Waals surface area contributed by atoms with Crippen LogP contribution in [0.4, 0.5) is 11.4 Å². The summed E-state index contributed by atoms with van der Waals surface area (Å²) in [7, 11) is 1.89. The second-order valence-electron chi connectivity index (χ2n) is 7.95. The van der Waals surface area contributed by atoms with Crippen LogP contribution >= 0.6 is 0 Å². The van der Waals surface area contributed by atoms with E-state index in [1.165, 1.54) is 0 Å². The van der Waals surface area contributed by atoms with Gasteiger partial charge < -0.3 is 16.0 Å². The summed E-state index contributed by atoms with van der Waals surface area (Å²) in [5.41, 5.74) is 8.46. The summed E-state index contributed by atoms with van der Waals surface area (Å²) in [6.45, 7) is 3.64. The Kier molecular flexibility index (Phi) is 4.63. The summed E-state index contributed by atoms with van der Waals surface area (Å²) in [5.74, 6) is 0.366. The molecular weight excluding hydrogens is 356 g/mol. The molecule has 1 aromatic carbocycles. The maximum atomic E-state index is 12.5. The van der Waals surface area contributed by atoms with E-state index in [0.717, 1.165) is 43.6 Å². The number of nitrogens with two attached hydrogens (primary N) is 1. The number of anilines is 2. The standard InChI is InChI=1S/C20H26N6O2/c1-11-16(25-8-6-12(10-25)15(23-2)5-7-21)9-14(22)17-18(11)26(13-3-4-13)20(28)24-19(17)27/h9,12-13,15,23H,3-6,8,10,22H2,1-2H3,(H,24,27,28). The molecule has 4 rings (SSSR count). The fourth-order valence-corrected chi connectivity index (χ4v) is 4.58. The van der Waals surface area contributed by atoms with E-state index in [1.807, 2.05) is 20.0 Å². The second-order valence-corrected chi connectivity index (χ2v) is 7.95. The van der Waals surface area contributed by atoms with Gasteiger partial charge in [0.15, 0.2) is 0 Å². The van der Waals surface area contributed by atoms with Gasteiger partial charge in [0.1, 0.15) is 0 Å². The van der Waals surface area contributed by atoms with Crippen molar-refractivity contribution >= 4 is 22.3 Å². The number of nitrogens with one attached hydrogen (secondary N) is 2. The molecule has 1 aromatic heterocycles. The Labute approximate surface area is 162 Å². The molecule has 1 saturated heterocycles. The predicted molar refractivity (Wildman–Crippen MR) is 110 cm³/mol. The molecular formula is C20H26N6O2. The number of benzene rings is 1. The van der Waals surface area contributed by atoms with Crippen LogP contribution in [0.3, 0.4) is 0 Å². The number of nitrogen functional groups attached to an aromatic ring is 1. The minimum absolute atomic E-state index is 0.135. The lowest BCUT2D eigenvalue weighted by Gasteiger charge is -2.25. The Morgan fingerprint density at radius 3 is 2.79 bits per heavy atom. The first-order chi connectivity index (χ1) is 13.5. The van der Waals surface area contributed by atoms with Crippen molar-refractivity contribution in [3.8, 4) is 6.07 Å². The highest BCUT2D eigenvalue weighted by molar-refractivity contribution is 5.96. The molecule has 2 heterocycles. The maximum Gasteiger partial charge on any atom is 0.329 e. The van der Waals surface area contributed by atoms with Gasteiger partial charge in [-0.3, -0.25) is 14.3 Å². The Bertz CT molecular complexity index is 1080. The third kappa shape index (κ3) is 2.96. The van der Waals surface area contributed by atoms with Crippen molar-refractivity contribution in [2.24, 2.45) is 5.92 Å².